The minimum atomic E-state index is -1.39. The number of rotatable bonds is 13. The van der Waals surface area contributed by atoms with Gasteiger partial charge in [0.25, 0.3) is 0 Å². The second kappa shape index (κ2) is 12.5. The second-order valence-corrected chi connectivity index (χ2v) is 7.56. The van der Waals surface area contributed by atoms with Crippen molar-refractivity contribution in [2.24, 2.45) is 5.92 Å². The average Bonchev–Trinajstić information content (AvgIpc) is 2.66. The molecule has 27 heavy (non-hydrogen) atoms. The standard InChI is InChI=1S/C23H36O4/c1-5-7-12-16-26-21(24)23(18-19(3)4,20-14-10-9-11-15-20)22(25)27-17-13-8-6-2/h9-11,14-15,19H,5-8,12-13,16-18H2,1-4H3. The molecule has 4 nitrogen and oxygen atoms in total. The van der Waals surface area contributed by atoms with Crippen LogP contribution in [-0.4, -0.2) is 25.2 Å². The molecule has 1 aromatic carbocycles. The monoisotopic (exact) mass is 376 g/mol. The van der Waals surface area contributed by atoms with Crippen LogP contribution in [0.25, 0.3) is 0 Å². The van der Waals surface area contributed by atoms with Crippen LogP contribution in [0.3, 0.4) is 0 Å². The first-order valence-electron chi connectivity index (χ1n) is 10.4. The highest BCUT2D eigenvalue weighted by molar-refractivity contribution is 6.06. The van der Waals surface area contributed by atoms with Crippen molar-refractivity contribution < 1.29 is 19.1 Å². The van der Waals surface area contributed by atoms with Crippen LogP contribution in [0.4, 0.5) is 0 Å². The lowest BCUT2D eigenvalue weighted by molar-refractivity contribution is -0.166. The van der Waals surface area contributed by atoms with Crippen LogP contribution in [0.15, 0.2) is 30.3 Å². The van der Waals surface area contributed by atoms with Crippen LogP contribution >= 0.6 is 0 Å². The normalized spacial score (nSPS) is 11.4. The summed E-state index contributed by atoms with van der Waals surface area (Å²) in [5, 5.41) is 0. The molecule has 0 radical (unpaired) electrons. The van der Waals surface area contributed by atoms with Gasteiger partial charge in [0.15, 0.2) is 5.41 Å². The summed E-state index contributed by atoms with van der Waals surface area (Å²) >= 11 is 0. The van der Waals surface area contributed by atoms with Crippen LogP contribution in [0.1, 0.15) is 78.2 Å². The van der Waals surface area contributed by atoms with Gasteiger partial charge in [-0.3, -0.25) is 9.59 Å². The van der Waals surface area contributed by atoms with Gasteiger partial charge in [-0.15, -0.1) is 0 Å². The lowest BCUT2D eigenvalue weighted by Crippen LogP contribution is -2.47. The maximum absolute atomic E-state index is 13.2. The van der Waals surface area contributed by atoms with E-state index < -0.39 is 17.4 Å². The minimum absolute atomic E-state index is 0.136. The van der Waals surface area contributed by atoms with E-state index in [4.69, 9.17) is 9.47 Å². The molecule has 1 aromatic rings. The van der Waals surface area contributed by atoms with E-state index in [0.29, 0.717) is 25.2 Å². The molecule has 1 rings (SSSR count). The van der Waals surface area contributed by atoms with Crippen LogP contribution in [0.5, 0.6) is 0 Å². The first-order chi connectivity index (χ1) is 13.0. The number of esters is 2. The van der Waals surface area contributed by atoms with Crippen LogP contribution < -0.4 is 0 Å². The van der Waals surface area contributed by atoms with Gasteiger partial charge in [-0.2, -0.15) is 0 Å². The van der Waals surface area contributed by atoms with E-state index in [1.54, 1.807) is 0 Å². The molecule has 4 heteroatoms. The van der Waals surface area contributed by atoms with Gasteiger partial charge >= 0.3 is 11.9 Å². The topological polar surface area (TPSA) is 52.6 Å². The Balaban J connectivity index is 3.12. The Morgan fingerprint density at radius 3 is 1.74 bits per heavy atom. The van der Waals surface area contributed by atoms with Crippen molar-refractivity contribution in [1.82, 2.24) is 0 Å². The van der Waals surface area contributed by atoms with Gasteiger partial charge in [0.1, 0.15) is 0 Å². The van der Waals surface area contributed by atoms with E-state index in [1.165, 1.54) is 0 Å². The predicted molar refractivity (Wildman–Crippen MR) is 109 cm³/mol. The number of hydrogen-bond acceptors (Lipinski definition) is 4. The van der Waals surface area contributed by atoms with Gasteiger partial charge < -0.3 is 9.47 Å². The zero-order chi connectivity index (χ0) is 20.1. The molecule has 0 fully saturated rings. The molecule has 0 aliphatic carbocycles. The molecule has 0 aliphatic rings. The van der Waals surface area contributed by atoms with E-state index in [9.17, 15) is 9.59 Å². The van der Waals surface area contributed by atoms with E-state index in [1.807, 2.05) is 44.2 Å². The van der Waals surface area contributed by atoms with Crippen molar-refractivity contribution >= 4 is 11.9 Å². The summed E-state index contributed by atoms with van der Waals surface area (Å²) in [6.45, 7) is 8.88. The summed E-state index contributed by atoms with van der Waals surface area (Å²) in [6, 6.07) is 9.22. The first kappa shape index (κ1) is 23.2. The highest BCUT2D eigenvalue weighted by Gasteiger charge is 2.50. The zero-order valence-corrected chi connectivity index (χ0v) is 17.5. The van der Waals surface area contributed by atoms with Crippen molar-refractivity contribution in [2.45, 2.75) is 78.1 Å². The number of unbranched alkanes of at least 4 members (excludes halogenated alkanes) is 4. The van der Waals surface area contributed by atoms with Gasteiger partial charge in [-0.05, 0) is 30.7 Å². The third-order valence-corrected chi connectivity index (χ3v) is 4.64. The van der Waals surface area contributed by atoms with Crippen LogP contribution in [0, 0.1) is 5.92 Å². The fraction of sp³-hybridized carbons (Fsp3) is 0.652. The molecule has 0 N–H and O–H groups in total. The average molecular weight is 377 g/mol. The highest BCUT2D eigenvalue weighted by atomic mass is 16.6. The van der Waals surface area contributed by atoms with E-state index in [2.05, 4.69) is 13.8 Å². The third kappa shape index (κ3) is 7.00. The molecule has 0 spiro atoms. The SMILES string of the molecule is CCCCCOC(=O)C(CC(C)C)(C(=O)OCCCCC)c1ccccc1. The Bertz CT molecular complexity index is 527. The van der Waals surface area contributed by atoms with Crippen molar-refractivity contribution in [1.29, 1.82) is 0 Å². The first-order valence-corrected chi connectivity index (χ1v) is 10.4. The van der Waals surface area contributed by atoms with Gasteiger partial charge in [0.05, 0.1) is 13.2 Å². The molecule has 0 heterocycles. The maximum Gasteiger partial charge on any atom is 0.328 e. The summed E-state index contributed by atoms with van der Waals surface area (Å²) in [7, 11) is 0. The quantitative estimate of drug-likeness (QED) is 0.261. The van der Waals surface area contributed by atoms with Gasteiger partial charge in [-0.25, -0.2) is 0 Å². The van der Waals surface area contributed by atoms with Crippen molar-refractivity contribution in [3.05, 3.63) is 35.9 Å². The predicted octanol–water partition coefficient (Wildman–Crippen LogP) is 5.44. The third-order valence-electron chi connectivity index (χ3n) is 4.64. The summed E-state index contributed by atoms with van der Waals surface area (Å²) in [6.07, 6.45) is 6.07. The molecule has 0 aliphatic heterocycles. The lowest BCUT2D eigenvalue weighted by atomic mass is 9.74. The molecule has 0 saturated carbocycles. The Labute approximate surface area is 164 Å². The molecule has 0 unspecified atom stereocenters. The summed E-state index contributed by atoms with van der Waals surface area (Å²) in [4.78, 5) is 26.3. The molecule has 0 bridgehead atoms. The molecule has 0 aromatic heterocycles. The Morgan fingerprint density at radius 2 is 1.33 bits per heavy atom. The number of carbonyl (C=O) groups excluding carboxylic acids is 2. The Hall–Kier alpha value is -1.84. The van der Waals surface area contributed by atoms with E-state index in [-0.39, 0.29) is 5.92 Å². The van der Waals surface area contributed by atoms with Crippen molar-refractivity contribution in [3.8, 4) is 0 Å². The number of ether oxygens (including phenoxy) is 2. The van der Waals surface area contributed by atoms with E-state index in [0.717, 1.165) is 38.5 Å². The lowest BCUT2D eigenvalue weighted by Gasteiger charge is -2.31. The van der Waals surface area contributed by atoms with Crippen LogP contribution in [-0.2, 0) is 24.5 Å². The fourth-order valence-electron chi connectivity index (χ4n) is 3.22. The molecular weight excluding hydrogens is 340 g/mol. The van der Waals surface area contributed by atoms with Gasteiger partial charge in [-0.1, -0.05) is 83.7 Å². The van der Waals surface area contributed by atoms with Crippen molar-refractivity contribution in [3.63, 3.8) is 0 Å². The second-order valence-electron chi connectivity index (χ2n) is 7.56. The Morgan fingerprint density at radius 1 is 0.852 bits per heavy atom. The maximum atomic E-state index is 13.2. The number of hydrogen-bond donors (Lipinski definition) is 0. The molecule has 0 amide bonds. The fourth-order valence-corrected chi connectivity index (χ4v) is 3.22. The highest BCUT2D eigenvalue weighted by Crippen LogP contribution is 2.35. The summed E-state index contributed by atoms with van der Waals surface area (Å²) in [5.74, 6) is -0.838. The summed E-state index contributed by atoms with van der Waals surface area (Å²) in [5.41, 5.74) is -0.742. The van der Waals surface area contributed by atoms with Gasteiger partial charge in [0, 0.05) is 0 Å². The molecule has 0 saturated heterocycles. The van der Waals surface area contributed by atoms with Crippen LogP contribution in [0.2, 0.25) is 0 Å². The minimum Gasteiger partial charge on any atom is -0.465 e. The molecular formula is C23H36O4. The molecule has 0 atom stereocenters. The number of carbonyl (C=O) groups is 2. The largest absolute Gasteiger partial charge is 0.465 e. The Kier molecular flexibility index (Phi) is 10.8. The number of benzene rings is 1. The summed E-state index contributed by atoms with van der Waals surface area (Å²) < 4.78 is 11.1. The van der Waals surface area contributed by atoms with Crippen molar-refractivity contribution in [2.75, 3.05) is 13.2 Å². The molecule has 152 valence electrons. The van der Waals surface area contributed by atoms with E-state index >= 15 is 0 Å². The zero-order valence-electron chi connectivity index (χ0n) is 17.5. The smallest absolute Gasteiger partial charge is 0.328 e. The van der Waals surface area contributed by atoms with Gasteiger partial charge in [0.2, 0.25) is 0 Å².